The SMILES string of the molecule is Cc1cc(Cl)ccc1OCC(=O)Nc1ccc(NC(=O)c2ccccc2)cc1. The summed E-state index contributed by atoms with van der Waals surface area (Å²) < 4.78 is 5.52. The first-order chi connectivity index (χ1) is 13.5. The minimum Gasteiger partial charge on any atom is -0.483 e. The molecule has 0 bridgehead atoms. The highest BCUT2D eigenvalue weighted by Gasteiger charge is 2.08. The molecule has 2 N–H and O–H groups in total. The molecule has 0 saturated heterocycles. The van der Waals surface area contributed by atoms with E-state index >= 15 is 0 Å². The average Bonchev–Trinajstić information content (AvgIpc) is 2.69. The molecule has 0 unspecified atom stereocenters. The van der Waals surface area contributed by atoms with Crippen LogP contribution in [-0.4, -0.2) is 18.4 Å². The number of amides is 2. The van der Waals surface area contributed by atoms with Crippen LogP contribution in [0.5, 0.6) is 5.75 Å². The Balaban J connectivity index is 1.52. The summed E-state index contributed by atoms with van der Waals surface area (Å²) in [6.07, 6.45) is 0. The van der Waals surface area contributed by atoms with Crippen LogP contribution in [0.4, 0.5) is 11.4 Å². The molecule has 3 aromatic carbocycles. The van der Waals surface area contributed by atoms with Crippen LogP contribution in [0.1, 0.15) is 15.9 Å². The van der Waals surface area contributed by atoms with Crippen LogP contribution in [0.25, 0.3) is 0 Å². The van der Waals surface area contributed by atoms with E-state index in [2.05, 4.69) is 10.6 Å². The fourth-order valence-electron chi connectivity index (χ4n) is 2.54. The van der Waals surface area contributed by atoms with Gasteiger partial charge in [-0.3, -0.25) is 9.59 Å². The summed E-state index contributed by atoms with van der Waals surface area (Å²) >= 11 is 5.90. The molecule has 0 spiro atoms. The number of ether oxygens (including phenoxy) is 1. The van der Waals surface area contributed by atoms with Crippen molar-refractivity contribution >= 4 is 34.8 Å². The van der Waals surface area contributed by atoms with Crippen molar-refractivity contribution in [3.05, 3.63) is 88.9 Å². The maximum Gasteiger partial charge on any atom is 0.262 e. The van der Waals surface area contributed by atoms with Gasteiger partial charge in [0.25, 0.3) is 11.8 Å². The molecule has 0 radical (unpaired) electrons. The Labute approximate surface area is 168 Å². The Kier molecular flexibility index (Phi) is 6.29. The summed E-state index contributed by atoms with van der Waals surface area (Å²) in [5.41, 5.74) is 2.69. The Morgan fingerprint density at radius 1 is 0.893 bits per heavy atom. The van der Waals surface area contributed by atoms with E-state index in [-0.39, 0.29) is 18.4 Å². The zero-order valence-electron chi connectivity index (χ0n) is 15.2. The minimum absolute atomic E-state index is 0.116. The van der Waals surface area contributed by atoms with E-state index in [0.29, 0.717) is 27.7 Å². The van der Waals surface area contributed by atoms with Crippen molar-refractivity contribution in [1.82, 2.24) is 0 Å². The van der Waals surface area contributed by atoms with Gasteiger partial charge >= 0.3 is 0 Å². The minimum atomic E-state index is -0.282. The second-order valence-corrected chi connectivity index (χ2v) is 6.58. The number of carbonyl (C=O) groups is 2. The molecule has 0 aliphatic heterocycles. The lowest BCUT2D eigenvalue weighted by atomic mass is 10.2. The number of benzene rings is 3. The Morgan fingerprint density at radius 3 is 2.18 bits per heavy atom. The third-order valence-electron chi connectivity index (χ3n) is 3.96. The molecule has 0 aliphatic carbocycles. The van der Waals surface area contributed by atoms with E-state index in [4.69, 9.17) is 16.3 Å². The van der Waals surface area contributed by atoms with Crippen LogP contribution < -0.4 is 15.4 Å². The summed E-state index contributed by atoms with van der Waals surface area (Å²) in [4.78, 5) is 24.2. The summed E-state index contributed by atoms with van der Waals surface area (Å²) in [5, 5.41) is 6.18. The fraction of sp³-hybridized carbons (Fsp3) is 0.0909. The van der Waals surface area contributed by atoms with Crippen LogP contribution in [0.2, 0.25) is 5.02 Å². The van der Waals surface area contributed by atoms with E-state index in [1.54, 1.807) is 66.7 Å². The van der Waals surface area contributed by atoms with Gasteiger partial charge in [0.1, 0.15) is 5.75 Å². The van der Waals surface area contributed by atoms with Gasteiger partial charge in [-0.2, -0.15) is 0 Å². The Hall–Kier alpha value is -3.31. The molecule has 142 valence electrons. The van der Waals surface area contributed by atoms with Crippen LogP contribution in [0.15, 0.2) is 72.8 Å². The molecule has 6 heteroatoms. The van der Waals surface area contributed by atoms with Gasteiger partial charge in [-0.1, -0.05) is 29.8 Å². The van der Waals surface area contributed by atoms with Crippen molar-refractivity contribution in [2.24, 2.45) is 0 Å². The third kappa shape index (κ3) is 5.34. The quantitative estimate of drug-likeness (QED) is 0.623. The van der Waals surface area contributed by atoms with Gasteiger partial charge < -0.3 is 15.4 Å². The van der Waals surface area contributed by atoms with Gasteiger partial charge in [-0.15, -0.1) is 0 Å². The van der Waals surface area contributed by atoms with Gasteiger partial charge in [-0.05, 0) is 67.1 Å². The molecule has 5 nitrogen and oxygen atoms in total. The Morgan fingerprint density at radius 2 is 1.54 bits per heavy atom. The lowest BCUT2D eigenvalue weighted by Gasteiger charge is -2.10. The zero-order valence-corrected chi connectivity index (χ0v) is 16.0. The number of halogens is 1. The van der Waals surface area contributed by atoms with Crippen LogP contribution in [0.3, 0.4) is 0 Å². The molecule has 0 fully saturated rings. The van der Waals surface area contributed by atoms with Crippen molar-refractivity contribution < 1.29 is 14.3 Å². The van der Waals surface area contributed by atoms with E-state index in [1.165, 1.54) is 0 Å². The Bertz CT molecular complexity index is 973. The number of hydrogen-bond acceptors (Lipinski definition) is 3. The van der Waals surface area contributed by atoms with Crippen molar-refractivity contribution in [3.8, 4) is 5.75 Å². The fourth-order valence-corrected chi connectivity index (χ4v) is 2.77. The third-order valence-corrected chi connectivity index (χ3v) is 4.19. The van der Waals surface area contributed by atoms with Crippen molar-refractivity contribution in [2.45, 2.75) is 6.92 Å². The van der Waals surface area contributed by atoms with Crippen LogP contribution >= 0.6 is 11.6 Å². The molecule has 0 saturated carbocycles. The second kappa shape index (κ2) is 9.06. The van der Waals surface area contributed by atoms with Gasteiger partial charge in [0.15, 0.2) is 6.61 Å². The highest BCUT2D eigenvalue weighted by Crippen LogP contribution is 2.22. The predicted octanol–water partition coefficient (Wildman–Crippen LogP) is 4.92. The highest BCUT2D eigenvalue weighted by molar-refractivity contribution is 6.30. The van der Waals surface area contributed by atoms with E-state index < -0.39 is 0 Å². The van der Waals surface area contributed by atoms with Gasteiger partial charge in [0, 0.05) is 22.0 Å². The van der Waals surface area contributed by atoms with E-state index in [9.17, 15) is 9.59 Å². The van der Waals surface area contributed by atoms with Gasteiger partial charge in [0.05, 0.1) is 0 Å². The second-order valence-electron chi connectivity index (χ2n) is 6.14. The van der Waals surface area contributed by atoms with E-state index in [0.717, 1.165) is 5.56 Å². The van der Waals surface area contributed by atoms with Gasteiger partial charge in [-0.25, -0.2) is 0 Å². The normalized spacial score (nSPS) is 10.2. The number of nitrogens with one attached hydrogen (secondary N) is 2. The molecule has 0 atom stereocenters. The molecule has 0 aliphatic rings. The summed E-state index contributed by atoms with van der Waals surface area (Å²) in [7, 11) is 0. The molecular weight excluding hydrogens is 376 g/mol. The molecular formula is C22H19ClN2O3. The lowest BCUT2D eigenvalue weighted by Crippen LogP contribution is -2.20. The monoisotopic (exact) mass is 394 g/mol. The summed E-state index contributed by atoms with van der Waals surface area (Å²) in [5.74, 6) is 0.137. The van der Waals surface area contributed by atoms with Crippen LogP contribution in [-0.2, 0) is 4.79 Å². The predicted molar refractivity (Wildman–Crippen MR) is 111 cm³/mol. The smallest absolute Gasteiger partial charge is 0.262 e. The molecule has 28 heavy (non-hydrogen) atoms. The molecule has 0 aromatic heterocycles. The molecule has 2 amide bonds. The number of aryl methyl sites for hydroxylation is 1. The average molecular weight is 395 g/mol. The first-order valence-corrected chi connectivity index (χ1v) is 9.04. The molecule has 3 rings (SSSR count). The molecule has 0 heterocycles. The largest absolute Gasteiger partial charge is 0.483 e. The number of anilines is 2. The van der Waals surface area contributed by atoms with Crippen molar-refractivity contribution in [2.75, 3.05) is 17.2 Å². The van der Waals surface area contributed by atoms with Crippen molar-refractivity contribution in [3.63, 3.8) is 0 Å². The van der Waals surface area contributed by atoms with Crippen LogP contribution in [0, 0.1) is 6.92 Å². The highest BCUT2D eigenvalue weighted by atomic mass is 35.5. The number of rotatable bonds is 6. The maximum absolute atomic E-state index is 12.1. The maximum atomic E-state index is 12.1. The number of carbonyl (C=O) groups excluding carboxylic acids is 2. The zero-order chi connectivity index (χ0) is 19.9. The topological polar surface area (TPSA) is 67.4 Å². The van der Waals surface area contributed by atoms with Crippen molar-refractivity contribution in [1.29, 1.82) is 0 Å². The standard InChI is InChI=1S/C22H19ClN2O3/c1-15-13-17(23)7-12-20(15)28-14-21(26)24-18-8-10-19(11-9-18)25-22(27)16-5-3-2-4-6-16/h2-13H,14H2,1H3,(H,24,26)(H,25,27). The first-order valence-electron chi connectivity index (χ1n) is 8.66. The lowest BCUT2D eigenvalue weighted by molar-refractivity contribution is -0.118. The summed E-state index contributed by atoms with van der Waals surface area (Å²) in [6, 6.07) is 21.0. The van der Waals surface area contributed by atoms with Gasteiger partial charge in [0.2, 0.25) is 0 Å². The number of hydrogen-bond donors (Lipinski definition) is 2. The van der Waals surface area contributed by atoms with E-state index in [1.807, 2.05) is 13.0 Å². The first kappa shape index (κ1) is 19.5. The molecule has 3 aromatic rings. The summed E-state index contributed by atoms with van der Waals surface area (Å²) in [6.45, 7) is 1.75.